The number of hydrogen-bond donors (Lipinski definition) is 1. The fourth-order valence-electron chi connectivity index (χ4n) is 1.70. The van der Waals surface area contributed by atoms with Gasteiger partial charge in [-0.05, 0) is 50.8 Å². The predicted octanol–water partition coefficient (Wildman–Crippen LogP) is 2.93. The lowest BCUT2D eigenvalue weighted by Gasteiger charge is -2.13. The van der Waals surface area contributed by atoms with Gasteiger partial charge in [-0.1, -0.05) is 6.92 Å². The van der Waals surface area contributed by atoms with Crippen LogP contribution in [0.1, 0.15) is 44.8 Å². The van der Waals surface area contributed by atoms with Crippen molar-refractivity contribution >= 4 is 0 Å². The van der Waals surface area contributed by atoms with Gasteiger partial charge in [-0.3, -0.25) is 4.98 Å². The molecule has 1 unspecified atom stereocenters. The Morgan fingerprint density at radius 3 is 2.88 bits per heavy atom. The fourth-order valence-corrected chi connectivity index (χ4v) is 1.70. The molecule has 1 aliphatic rings. The Hall–Kier alpha value is -1.09. The van der Waals surface area contributed by atoms with Gasteiger partial charge in [-0.15, -0.1) is 0 Å². The summed E-state index contributed by atoms with van der Waals surface area (Å²) in [6.45, 7) is 6.19. The zero-order chi connectivity index (χ0) is 12.1. The Morgan fingerprint density at radius 2 is 2.29 bits per heavy atom. The third kappa shape index (κ3) is 4.00. The Bertz CT molecular complexity index is 333. The first-order valence-corrected chi connectivity index (χ1v) is 6.61. The Kier molecular flexibility index (Phi) is 4.37. The number of rotatable bonds is 7. The molecule has 0 spiro atoms. The molecule has 0 bridgehead atoms. The molecule has 0 aliphatic heterocycles. The van der Waals surface area contributed by atoms with E-state index in [0.29, 0.717) is 6.04 Å². The average molecular weight is 234 g/mol. The van der Waals surface area contributed by atoms with Crippen LogP contribution in [0.3, 0.4) is 0 Å². The zero-order valence-corrected chi connectivity index (χ0v) is 10.8. The molecule has 0 aromatic carbocycles. The highest BCUT2D eigenvalue weighted by Gasteiger charge is 2.21. The van der Waals surface area contributed by atoms with Crippen LogP contribution in [0.2, 0.25) is 0 Å². The van der Waals surface area contributed by atoms with E-state index in [9.17, 15) is 0 Å². The van der Waals surface area contributed by atoms with E-state index in [2.05, 4.69) is 30.2 Å². The molecule has 0 amide bonds. The van der Waals surface area contributed by atoms with Gasteiger partial charge in [0.1, 0.15) is 5.75 Å². The molecule has 1 aromatic heterocycles. The topological polar surface area (TPSA) is 34.1 Å². The van der Waals surface area contributed by atoms with Gasteiger partial charge in [0, 0.05) is 6.04 Å². The monoisotopic (exact) mass is 234 g/mol. The second-order valence-corrected chi connectivity index (χ2v) is 4.85. The minimum Gasteiger partial charge on any atom is -0.492 e. The number of pyridine rings is 1. The third-order valence-electron chi connectivity index (χ3n) is 3.09. The van der Waals surface area contributed by atoms with Crippen LogP contribution in [0, 0.1) is 5.92 Å². The van der Waals surface area contributed by atoms with Gasteiger partial charge in [0.05, 0.1) is 18.5 Å². The summed E-state index contributed by atoms with van der Waals surface area (Å²) in [5.41, 5.74) is 1.08. The first-order valence-electron chi connectivity index (χ1n) is 6.61. The molecule has 0 radical (unpaired) electrons. The molecule has 3 nitrogen and oxygen atoms in total. The Morgan fingerprint density at radius 1 is 1.47 bits per heavy atom. The van der Waals surface area contributed by atoms with Crippen LogP contribution in [-0.4, -0.2) is 18.1 Å². The highest BCUT2D eigenvalue weighted by molar-refractivity contribution is 5.21. The van der Waals surface area contributed by atoms with Crippen molar-refractivity contribution in [2.24, 2.45) is 5.92 Å². The normalized spacial score (nSPS) is 16.8. The highest BCUT2D eigenvalue weighted by atomic mass is 16.5. The lowest BCUT2D eigenvalue weighted by molar-refractivity contribution is 0.298. The van der Waals surface area contributed by atoms with Gasteiger partial charge in [0.2, 0.25) is 0 Å². The summed E-state index contributed by atoms with van der Waals surface area (Å²) in [6, 6.07) is 4.39. The third-order valence-corrected chi connectivity index (χ3v) is 3.09. The van der Waals surface area contributed by atoms with Crippen LogP contribution >= 0.6 is 0 Å². The number of nitrogens with one attached hydrogen (secondary N) is 1. The minimum absolute atomic E-state index is 0.312. The van der Waals surface area contributed by atoms with Crippen molar-refractivity contribution in [3.05, 3.63) is 24.0 Å². The van der Waals surface area contributed by atoms with E-state index in [1.165, 1.54) is 12.8 Å². The fraction of sp³-hybridized carbons (Fsp3) is 0.643. The maximum absolute atomic E-state index is 5.66. The second kappa shape index (κ2) is 6.01. The summed E-state index contributed by atoms with van der Waals surface area (Å²) in [5, 5.41) is 3.42. The molecule has 0 saturated heterocycles. The summed E-state index contributed by atoms with van der Waals surface area (Å²) in [7, 11) is 0. The van der Waals surface area contributed by atoms with E-state index in [0.717, 1.165) is 36.9 Å². The molecule has 94 valence electrons. The standard InChI is InChI=1S/C14H22N2O/c1-3-8-15-11(2)14-7-6-13(9-16-14)17-10-12-4-5-12/h6-7,9,11-12,15H,3-5,8,10H2,1-2H3. The maximum Gasteiger partial charge on any atom is 0.137 e. The molecule has 17 heavy (non-hydrogen) atoms. The van der Waals surface area contributed by atoms with E-state index in [-0.39, 0.29) is 0 Å². The van der Waals surface area contributed by atoms with Crippen molar-refractivity contribution in [1.82, 2.24) is 10.3 Å². The molecule has 3 heteroatoms. The second-order valence-electron chi connectivity index (χ2n) is 4.85. The van der Waals surface area contributed by atoms with Crippen LogP contribution < -0.4 is 10.1 Å². The largest absolute Gasteiger partial charge is 0.492 e. The summed E-state index contributed by atoms with van der Waals surface area (Å²) in [4.78, 5) is 4.44. The first-order chi connectivity index (χ1) is 8.29. The van der Waals surface area contributed by atoms with Gasteiger partial charge in [0.25, 0.3) is 0 Å². The smallest absolute Gasteiger partial charge is 0.137 e. The molecule has 1 atom stereocenters. The molecule has 2 rings (SSSR count). The summed E-state index contributed by atoms with van der Waals surface area (Å²) in [5.74, 6) is 1.68. The molecule has 1 heterocycles. The maximum atomic E-state index is 5.66. The van der Waals surface area contributed by atoms with Crippen LogP contribution in [0.4, 0.5) is 0 Å². The van der Waals surface area contributed by atoms with Gasteiger partial charge in [-0.25, -0.2) is 0 Å². The molecule has 1 aliphatic carbocycles. The van der Waals surface area contributed by atoms with E-state index >= 15 is 0 Å². The van der Waals surface area contributed by atoms with E-state index < -0.39 is 0 Å². The summed E-state index contributed by atoms with van der Waals surface area (Å²) < 4.78 is 5.66. The van der Waals surface area contributed by atoms with Crippen LogP contribution in [0.5, 0.6) is 5.75 Å². The molecule has 1 N–H and O–H groups in total. The number of hydrogen-bond acceptors (Lipinski definition) is 3. The van der Waals surface area contributed by atoms with Crippen LogP contribution in [0.25, 0.3) is 0 Å². The zero-order valence-electron chi connectivity index (χ0n) is 10.8. The lowest BCUT2D eigenvalue weighted by Crippen LogP contribution is -2.20. The van der Waals surface area contributed by atoms with E-state index in [1.807, 2.05) is 12.3 Å². The van der Waals surface area contributed by atoms with Crippen molar-refractivity contribution in [3.63, 3.8) is 0 Å². The quantitative estimate of drug-likeness (QED) is 0.787. The van der Waals surface area contributed by atoms with Crippen LogP contribution in [0.15, 0.2) is 18.3 Å². The highest BCUT2D eigenvalue weighted by Crippen LogP contribution is 2.29. The summed E-state index contributed by atoms with van der Waals surface area (Å²) in [6.07, 6.45) is 5.63. The number of nitrogens with zero attached hydrogens (tertiary/aromatic N) is 1. The molecule has 1 fully saturated rings. The van der Waals surface area contributed by atoms with Crippen molar-refractivity contribution < 1.29 is 4.74 Å². The van der Waals surface area contributed by atoms with Crippen molar-refractivity contribution in [3.8, 4) is 5.75 Å². The first kappa shape index (κ1) is 12.4. The molecule has 1 aromatic rings. The minimum atomic E-state index is 0.312. The molecular formula is C14H22N2O. The van der Waals surface area contributed by atoms with E-state index in [1.54, 1.807) is 0 Å². The molecule has 1 saturated carbocycles. The van der Waals surface area contributed by atoms with Gasteiger partial charge < -0.3 is 10.1 Å². The SMILES string of the molecule is CCCNC(C)c1ccc(OCC2CC2)cn1. The van der Waals surface area contributed by atoms with Crippen molar-refractivity contribution in [1.29, 1.82) is 0 Å². The van der Waals surface area contributed by atoms with Gasteiger partial charge in [-0.2, -0.15) is 0 Å². The average Bonchev–Trinajstić information content (AvgIpc) is 3.18. The van der Waals surface area contributed by atoms with Crippen molar-refractivity contribution in [2.45, 2.75) is 39.2 Å². The van der Waals surface area contributed by atoms with Gasteiger partial charge >= 0.3 is 0 Å². The van der Waals surface area contributed by atoms with E-state index in [4.69, 9.17) is 4.74 Å². The van der Waals surface area contributed by atoms with Gasteiger partial charge in [0.15, 0.2) is 0 Å². The Labute approximate surface area is 104 Å². The summed E-state index contributed by atoms with van der Waals surface area (Å²) >= 11 is 0. The number of ether oxygens (including phenoxy) is 1. The Balaban J connectivity index is 1.82. The van der Waals surface area contributed by atoms with Crippen LogP contribution in [-0.2, 0) is 0 Å². The predicted molar refractivity (Wildman–Crippen MR) is 69.2 cm³/mol. The number of aromatic nitrogens is 1. The molecular weight excluding hydrogens is 212 g/mol. The van der Waals surface area contributed by atoms with Crippen molar-refractivity contribution in [2.75, 3.05) is 13.2 Å². The lowest BCUT2D eigenvalue weighted by atomic mass is 10.2.